The van der Waals surface area contributed by atoms with Gasteiger partial charge in [-0.1, -0.05) is 18.2 Å². The van der Waals surface area contributed by atoms with Crippen molar-refractivity contribution in [1.82, 2.24) is 0 Å². The Morgan fingerprint density at radius 3 is 1.71 bits per heavy atom. The summed E-state index contributed by atoms with van der Waals surface area (Å²) in [5, 5.41) is 66.1. The summed E-state index contributed by atoms with van der Waals surface area (Å²) >= 11 is 0. The SMILES string of the molecule is CC1OC(OC2CC(OC3CCC(OC4CC(OC5CCC(O[C@]67C(=O)C[C@](C)(O)C[C@@]6(O)C=CC6=C7C(=O)c7cccc(O)c7C6=O)OC5C)OC(C)C4O)OC3C)OC(C)C2O)CCC1O. The summed E-state index contributed by atoms with van der Waals surface area (Å²) in [5.41, 5.74) is -7.29. The van der Waals surface area contributed by atoms with Gasteiger partial charge in [-0.3, -0.25) is 14.4 Å². The first-order chi connectivity index (χ1) is 32.2. The number of Topliss-reactive ketones (excluding diaryl/α,β-unsaturated/α-hetero) is 3. The zero-order valence-electron chi connectivity index (χ0n) is 39.3. The predicted molar refractivity (Wildman–Crippen MR) is 233 cm³/mol. The molecule has 68 heavy (non-hydrogen) atoms. The summed E-state index contributed by atoms with van der Waals surface area (Å²) in [6.45, 7) is 10.3. The third-order valence-electron chi connectivity index (χ3n) is 15.0. The Labute approximate surface area is 394 Å². The number of allylic oxidation sites excluding steroid dienone is 2. The molecule has 0 amide bonds. The standard InChI is InChI=1S/C49H66O19/c1-22-29(50)10-13-36(59-22)66-33-18-39(62-25(4)43(33)53)64-31-11-14-37(60-23(31)2)67-34-19-40(63-26(5)44(34)54)65-32-12-15-38(61-24(32)3)68-49-35(52)20-47(6,57)21-48(49,58)17-16-28-42(49)46(56)27-8-7-9-30(51)41(27)45(28)55/h7-9,16-17,22-26,29,31-34,36-40,43-44,50-51,53-54,57-58H,10-15,18-21H2,1-6H3/t22?,23?,24?,25?,26?,29?,31?,32?,33?,34?,36?,37?,38?,39?,40?,43?,44?,47-,48-,49-/m0/s1. The van der Waals surface area contributed by atoms with E-state index in [-0.39, 0.29) is 53.7 Å². The van der Waals surface area contributed by atoms with Crippen LogP contribution < -0.4 is 0 Å². The largest absolute Gasteiger partial charge is 0.507 e. The van der Waals surface area contributed by atoms with E-state index in [0.717, 1.165) is 0 Å². The lowest BCUT2D eigenvalue weighted by molar-refractivity contribution is -0.333. The first kappa shape index (κ1) is 49.9. The average molecular weight is 959 g/mol. The van der Waals surface area contributed by atoms with Crippen LogP contribution in [-0.4, -0.2) is 169 Å². The number of hydrogen-bond donors (Lipinski definition) is 6. The Morgan fingerprint density at radius 2 is 1.13 bits per heavy atom. The molecule has 6 N–H and O–H groups in total. The molecule has 19 heteroatoms. The lowest BCUT2D eigenvalue weighted by Gasteiger charge is -2.55. The van der Waals surface area contributed by atoms with Gasteiger partial charge in [-0.2, -0.15) is 0 Å². The van der Waals surface area contributed by atoms with E-state index in [1.54, 1.807) is 27.7 Å². The third kappa shape index (κ3) is 9.31. The fourth-order valence-electron chi connectivity index (χ4n) is 11.3. The first-order valence-electron chi connectivity index (χ1n) is 24.1. The molecule has 8 aliphatic rings. The first-order valence-corrected chi connectivity index (χ1v) is 24.1. The van der Waals surface area contributed by atoms with E-state index >= 15 is 0 Å². The van der Waals surface area contributed by atoms with E-state index < -0.39 is 145 Å². The molecule has 1 aromatic carbocycles. The van der Waals surface area contributed by atoms with Crippen LogP contribution in [-0.2, 0) is 52.2 Å². The van der Waals surface area contributed by atoms with E-state index in [4.69, 9.17) is 47.4 Å². The smallest absolute Gasteiger partial charge is 0.198 e. The number of ketones is 3. The number of phenols is 1. The molecule has 5 aliphatic heterocycles. The molecule has 20 atom stereocenters. The van der Waals surface area contributed by atoms with Gasteiger partial charge in [-0.15, -0.1) is 0 Å². The van der Waals surface area contributed by atoms with Crippen molar-refractivity contribution in [3.8, 4) is 5.75 Å². The molecule has 0 bridgehead atoms. The van der Waals surface area contributed by atoms with Gasteiger partial charge in [0.1, 0.15) is 23.6 Å². The van der Waals surface area contributed by atoms with Crippen LogP contribution in [0.2, 0.25) is 0 Å². The van der Waals surface area contributed by atoms with Crippen LogP contribution in [0.1, 0.15) is 126 Å². The Bertz CT molecular complexity index is 2140. The zero-order chi connectivity index (χ0) is 48.6. The Balaban J connectivity index is 0.808. The molecular weight excluding hydrogens is 893 g/mol. The van der Waals surface area contributed by atoms with E-state index in [0.29, 0.717) is 32.1 Å². The minimum Gasteiger partial charge on any atom is -0.507 e. The molecule has 3 aliphatic carbocycles. The Morgan fingerprint density at radius 1 is 0.618 bits per heavy atom. The molecule has 1 aromatic rings. The molecule has 17 unspecified atom stereocenters. The molecule has 6 fully saturated rings. The van der Waals surface area contributed by atoms with Crippen molar-refractivity contribution in [3.63, 3.8) is 0 Å². The summed E-state index contributed by atoms with van der Waals surface area (Å²) < 4.78 is 62.5. The number of ether oxygens (including phenoxy) is 10. The van der Waals surface area contributed by atoms with Crippen molar-refractivity contribution in [3.05, 3.63) is 52.6 Å². The van der Waals surface area contributed by atoms with Gasteiger partial charge in [0, 0.05) is 56.1 Å². The Hall–Kier alpha value is -3.09. The van der Waals surface area contributed by atoms with Gasteiger partial charge in [0.25, 0.3) is 0 Å². The summed E-state index contributed by atoms with van der Waals surface area (Å²) in [6, 6.07) is 4.05. The monoisotopic (exact) mass is 958 g/mol. The summed E-state index contributed by atoms with van der Waals surface area (Å²) in [7, 11) is 0. The van der Waals surface area contributed by atoms with E-state index in [9.17, 15) is 45.0 Å². The normalized spacial score (nSPS) is 46.5. The number of fused-ring (bicyclic) bond motifs is 3. The summed E-state index contributed by atoms with van der Waals surface area (Å²) in [4.78, 5) is 42.6. The molecule has 5 saturated heterocycles. The van der Waals surface area contributed by atoms with Gasteiger partial charge >= 0.3 is 0 Å². The molecule has 9 rings (SSSR count). The highest BCUT2D eigenvalue weighted by atomic mass is 16.7. The minimum atomic E-state index is -2.43. The molecular formula is C49H66O19. The highest BCUT2D eigenvalue weighted by Gasteiger charge is 2.69. The maximum atomic E-state index is 14.4. The van der Waals surface area contributed by atoms with Gasteiger partial charge in [0.05, 0.1) is 77.8 Å². The topological polar surface area (TPSA) is 265 Å². The van der Waals surface area contributed by atoms with Gasteiger partial charge in [-0.05, 0) is 72.9 Å². The summed E-state index contributed by atoms with van der Waals surface area (Å²) in [5.74, 6) is -2.70. The van der Waals surface area contributed by atoms with E-state index in [1.807, 2.05) is 6.92 Å². The minimum absolute atomic E-state index is 0.127. The van der Waals surface area contributed by atoms with Gasteiger partial charge in [0.15, 0.2) is 54.4 Å². The van der Waals surface area contributed by atoms with Crippen molar-refractivity contribution >= 4 is 17.3 Å². The van der Waals surface area contributed by atoms with Gasteiger partial charge in [-0.25, -0.2) is 0 Å². The quantitative estimate of drug-likeness (QED) is 0.197. The lowest BCUT2D eigenvalue weighted by Crippen LogP contribution is -2.71. The zero-order valence-corrected chi connectivity index (χ0v) is 39.3. The Kier molecular flexibility index (Phi) is 14.0. The van der Waals surface area contributed by atoms with Gasteiger partial charge in [0.2, 0.25) is 0 Å². The number of benzene rings is 1. The second-order valence-corrected chi connectivity index (χ2v) is 20.3. The van der Waals surface area contributed by atoms with Crippen LogP contribution in [0.4, 0.5) is 0 Å². The third-order valence-corrected chi connectivity index (χ3v) is 15.0. The van der Waals surface area contributed by atoms with Crippen LogP contribution in [0.3, 0.4) is 0 Å². The molecule has 376 valence electrons. The molecule has 0 spiro atoms. The second kappa shape index (κ2) is 19.2. The van der Waals surface area contributed by atoms with Crippen molar-refractivity contribution in [2.45, 2.75) is 227 Å². The number of rotatable bonds is 10. The van der Waals surface area contributed by atoms with Crippen molar-refractivity contribution in [2.75, 3.05) is 0 Å². The van der Waals surface area contributed by atoms with E-state index in [2.05, 4.69) is 0 Å². The van der Waals surface area contributed by atoms with Crippen molar-refractivity contribution in [1.29, 1.82) is 0 Å². The molecule has 0 aromatic heterocycles. The number of aliphatic hydroxyl groups excluding tert-OH is 3. The molecule has 1 saturated carbocycles. The van der Waals surface area contributed by atoms with Crippen molar-refractivity contribution < 1.29 is 92.4 Å². The second-order valence-electron chi connectivity index (χ2n) is 20.3. The van der Waals surface area contributed by atoms with E-state index in [1.165, 1.54) is 37.3 Å². The maximum Gasteiger partial charge on any atom is 0.198 e. The van der Waals surface area contributed by atoms with Gasteiger partial charge < -0.3 is 78.0 Å². The number of carbonyl (C=O) groups excluding carboxylic acids is 3. The number of phenolic OH excluding ortho intramolecular Hbond substituents is 1. The number of hydrogen-bond acceptors (Lipinski definition) is 19. The maximum absolute atomic E-state index is 14.4. The van der Waals surface area contributed by atoms with Crippen LogP contribution >= 0.6 is 0 Å². The fraction of sp³-hybridized carbons (Fsp3) is 0.735. The highest BCUT2D eigenvalue weighted by Crippen LogP contribution is 2.54. The van der Waals surface area contributed by atoms with Crippen LogP contribution in [0.25, 0.3) is 0 Å². The predicted octanol–water partition coefficient (Wildman–Crippen LogP) is 2.71. The van der Waals surface area contributed by atoms with Crippen LogP contribution in [0, 0.1) is 0 Å². The highest BCUT2D eigenvalue weighted by molar-refractivity contribution is 6.31. The molecule has 0 radical (unpaired) electrons. The molecule has 19 nitrogen and oxygen atoms in total. The number of aromatic hydroxyl groups is 1. The fourth-order valence-corrected chi connectivity index (χ4v) is 11.3. The average Bonchev–Trinajstić information content (AvgIpc) is 3.26. The lowest BCUT2D eigenvalue weighted by atomic mass is 9.57. The summed E-state index contributed by atoms with van der Waals surface area (Å²) in [6.07, 6.45) is -6.81. The van der Waals surface area contributed by atoms with Crippen LogP contribution in [0.5, 0.6) is 5.75 Å². The number of aliphatic hydroxyl groups is 5. The van der Waals surface area contributed by atoms with Crippen LogP contribution in [0.15, 0.2) is 41.5 Å². The van der Waals surface area contributed by atoms with Crippen molar-refractivity contribution in [2.24, 2.45) is 0 Å². The number of carbonyl (C=O) groups is 3. The molecule has 5 heterocycles.